The Balaban J connectivity index is 1.65. The summed E-state index contributed by atoms with van der Waals surface area (Å²) in [5, 5.41) is 3.12. The predicted molar refractivity (Wildman–Crippen MR) is 94.7 cm³/mol. The van der Waals surface area contributed by atoms with Gasteiger partial charge in [-0.2, -0.15) is 0 Å². The Morgan fingerprint density at radius 1 is 1.16 bits per heavy atom. The Bertz CT molecular complexity index is 870. The van der Waals surface area contributed by atoms with E-state index in [0.29, 0.717) is 23.1 Å². The van der Waals surface area contributed by atoms with E-state index in [4.69, 9.17) is 16.3 Å². The van der Waals surface area contributed by atoms with Crippen molar-refractivity contribution in [3.8, 4) is 5.75 Å². The maximum atomic E-state index is 12.1. The lowest BCUT2D eigenvalue weighted by atomic mass is 10.3. The summed E-state index contributed by atoms with van der Waals surface area (Å²) in [7, 11) is 0. The smallest absolute Gasteiger partial charge is 0.275 e. The predicted octanol–water partition coefficient (Wildman–Crippen LogP) is 3.66. The molecule has 0 aliphatic carbocycles. The van der Waals surface area contributed by atoms with Gasteiger partial charge in [-0.3, -0.25) is 14.8 Å². The standard InChI is InChI=1S/C18H15ClN4O2/c1-12-9-22-16(10-21-12)18(24)23-13-5-6-17(15(19)8-13)25-11-14-4-2-3-7-20-14/h2-10H,11H2,1H3,(H,23,24). The van der Waals surface area contributed by atoms with Crippen molar-refractivity contribution in [3.63, 3.8) is 0 Å². The van der Waals surface area contributed by atoms with Gasteiger partial charge in [0.2, 0.25) is 0 Å². The summed E-state index contributed by atoms with van der Waals surface area (Å²) >= 11 is 6.22. The van der Waals surface area contributed by atoms with Crippen molar-refractivity contribution in [1.82, 2.24) is 15.0 Å². The van der Waals surface area contributed by atoms with E-state index >= 15 is 0 Å². The average molecular weight is 355 g/mol. The second-order valence-electron chi connectivity index (χ2n) is 5.25. The Hall–Kier alpha value is -2.99. The third-order valence-electron chi connectivity index (χ3n) is 3.31. The lowest BCUT2D eigenvalue weighted by molar-refractivity contribution is 0.102. The van der Waals surface area contributed by atoms with Crippen LogP contribution in [0.4, 0.5) is 5.69 Å². The molecule has 1 N–H and O–H groups in total. The molecular weight excluding hydrogens is 340 g/mol. The maximum Gasteiger partial charge on any atom is 0.275 e. The summed E-state index contributed by atoms with van der Waals surface area (Å²) in [4.78, 5) is 24.4. The van der Waals surface area contributed by atoms with Crippen LogP contribution < -0.4 is 10.1 Å². The molecule has 3 rings (SSSR count). The number of benzene rings is 1. The molecule has 0 spiro atoms. The van der Waals surface area contributed by atoms with Gasteiger partial charge in [-0.05, 0) is 37.3 Å². The summed E-state index contributed by atoms with van der Waals surface area (Å²) in [5.74, 6) is 0.158. The number of aromatic nitrogens is 3. The SMILES string of the molecule is Cc1cnc(C(=O)Nc2ccc(OCc3ccccn3)c(Cl)c2)cn1. The number of nitrogens with one attached hydrogen (secondary N) is 1. The number of hydrogen-bond donors (Lipinski definition) is 1. The lowest BCUT2D eigenvalue weighted by Gasteiger charge is -2.10. The molecule has 0 fully saturated rings. The molecule has 0 unspecified atom stereocenters. The number of aryl methyl sites for hydroxylation is 1. The topological polar surface area (TPSA) is 77.0 Å². The van der Waals surface area contributed by atoms with Gasteiger partial charge < -0.3 is 10.1 Å². The summed E-state index contributed by atoms with van der Waals surface area (Å²) in [5.41, 5.74) is 2.32. The number of carbonyl (C=O) groups excluding carboxylic acids is 1. The van der Waals surface area contributed by atoms with Crippen LogP contribution in [-0.2, 0) is 6.61 Å². The fraction of sp³-hybridized carbons (Fsp3) is 0.111. The first kappa shape index (κ1) is 16.9. The van der Waals surface area contributed by atoms with E-state index < -0.39 is 0 Å². The number of ether oxygens (including phenoxy) is 1. The average Bonchev–Trinajstić information content (AvgIpc) is 2.62. The third-order valence-corrected chi connectivity index (χ3v) is 3.60. The van der Waals surface area contributed by atoms with Gasteiger partial charge in [-0.15, -0.1) is 0 Å². The molecule has 2 heterocycles. The van der Waals surface area contributed by atoms with Gasteiger partial charge in [0.1, 0.15) is 18.1 Å². The lowest BCUT2D eigenvalue weighted by Crippen LogP contribution is -2.14. The Kier molecular flexibility index (Phi) is 5.20. The molecule has 25 heavy (non-hydrogen) atoms. The zero-order valence-corrected chi connectivity index (χ0v) is 14.2. The molecule has 0 saturated carbocycles. The van der Waals surface area contributed by atoms with E-state index in [1.165, 1.54) is 12.4 Å². The normalized spacial score (nSPS) is 10.3. The molecule has 6 nitrogen and oxygen atoms in total. The molecule has 0 aliphatic rings. The van der Waals surface area contributed by atoms with Crippen LogP contribution in [0.5, 0.6) is 5.75 Å². The number of halogens is 1. The van der Waals surface area contributed by atoms with Gasteiger partial charge in [-0.1, -0.05) is 17.7 Å². The summed E-state index contributed by atoms with van der Waals surface area (Å²) < 4.78 is 5.65. The van der Waals surface area contributed by atoms with Gasteiger partial charge >= 0.3 is 0 Å². The van der Waals surface area contributed by atoms with Crippen LogP contribution in [0.3, 0.4) is 0 Å². The Morgan fingerprint density at radius 2 is 2.04 bits per heavy atom. The maximum absolute atomic E-state index is 12.1. The van der Waals surface area contributed by atoms with Crippen molar-refractivity contribution >= 4 is 23.2 Å². The largest absolute Gasteiger partial charge is 0.486 e. The number of pyridine rings is 1. The first-order valence-electron chi connectivity index (χ1n) is 7.54. The highest BCUT2D eigenvalue weighted by atomic mass is 35.5. The Morgan fingerprint density at radius 3 is 2.72 bits per heavy atom. The molecule has 2 aromatic heterocycles. The molecule has 1 aromatic carbocycles. The minimum atomic E-state index is -0.356. The summed E-state index contributed by atoms with van der Waals surface area (Å²) in [6, 6.07) is 10.6. The van der Waals surface area contributed by atoms with Crippen LogP contribution in [0.2, 0.25) is 5.02 Å². The van der Waals surface area contributed by atoms with E-state index in [2.05, 4.69) is 20.3 Å². The van der Waals surface area contributed by atoms with E-state index in [1.807, 2.05) is 18.2 Å². The molecule has 126 valence electrons. The van der Waals surface area contributed by atoms with Gasteiger partial charge in [0, 0.05) is 18.1 Å². The minimum Gasteiger partial charge on any atom is -0.486 e. The summed E-state index contributed by atoms with van der Waals surface area (Å²) in [6.45, 7) is 2.11. The zero-order valence-electron chi connectivity index (χ0n) is 13.4. The quantitative estimate of drug-likeness (QED) is 0.756. The first-order valence-corrected chi connectivity index (χ1v) is 7.92. The van der Waals surface area contributed by atoms with Crippen molar-refractivity contribution < 1.29 is 9.53 Å². The molecule has 0 aliphatic heterocycles. The second kappa shape index (κ2) is 7.72. The fourth-order valence-electron chi connectivity index (χ4n) is 2.04. The Labute approximate surface area is 149 Å². The number of hydrogen-bond acceptors (Lipinski definition) is 5. The van der Waals surface area contributed by atoms with Crippen LogP contribution in [0.25, 0.3) is 0 Å². The first-order chi connectivity index (χ1) is 12.1. The van der Waals surface area contributed by atoms with Crippen LogP contribution in [0, 0.1) is 6.92 Å². The van der Waals surface area contributed by atoms with Gasteiger partial charge in [0.25, 0.3) is 5.91 Å². The van der Waals surface area contributed by atoms with Crippen LogP contribution >= 0.6 is 11.6 Å². The summed E-state index contributed by atoms with van der Waals surface area (Å²) in [6.07, 6.45) is 4.67. The van der Waals surface area contributed by atoms with E-state index in [9.17, 15) is 4.79 Å². The van der Waals surface area contributed by atoms with Gasteiger partial charge in [-0.25, -0.2) is 4.98 Å². The molecule has 0 atom stereocenters. The molecule has 0 saturated heterocycles. The molecule has 0 radical (unpaired) electrons. The van der Waals surface area contributed by atoms with Crippen molar-refractivity contribution in [3.05, 3.63) is 77.1 Å². The molecule has 1 amide bonds. The number of rotatable bonds is 5. The highest BCUT2D eigenvalue weighted by Gasteiger charge is 2.10. The second-order valence-corrected chi connectivity index (χ2v) is 5.66. The number of anilines is 1. The highest BCUT2D eigenvalue weighted by molar-refractivity contribution is 6.32. The van der Waals surface area contributed by atoms with Crippen LogP contribution in [0.15, 0.2) is 55.0 Å². The van der Waals surface area contributed by atoms with E-state index in [-0.39, 0.29) is 11.6 Å². The highest BCUT2D eigenvalue weighted by Crippen LogP contribution is 2.28. The number of carbonyl (C=O) groups is 1. The number of nitrogens with zero attached hydrogens (tertiary/aromatic N) is 3. The van der Waals surface area contributed by atoms with E-state index in [1.54, 1.807) is 31.3 Å². The minimum absolute atomic E-state index is 0.234. The fourth-order valence-corrected chi connectivity index (χ4v) is 2.27. The van der Waals surface area contributed by atoms with Gasteiger partial charge in [0.15, 0.2) is 0 Å². The van der Waals surface area contributed by atoms with E-state index in [0.717, 1.165) is 11.4 Å². The van der Waals surface area contributed by atoms with Crippen molar-refractivity contribution in [2.45, 2.75) is 13.5 Å². The van der Waals surface area contributed by atoms with Crippen molar-refractivity contribution in [2.24, 2.45) is 0 Å². The number of amides is 1. The molecular formula is C18H15ClN4O2. The van der Waals surface area contributed by atoms with Crippen LogP contribution in [-0.4, -0.2) is 20.9 Å². The van der Waals surface area contributed by atoms with Crippen molar-refractivity contribution in [2.75, 3.05) is 5.32 Å². The monoisotopic (exact) mass is 354 g/mol. The van der Waals surface area contributed by atoms with Crippen LogP contribution in [0.1, 0.15) is 21.9 Å². The molecule has 7 heteroatoms. The zero-order chi connectivity index (χ0) is 17.6. The van der Waals surface area contributed by atoms with Gasteiger partial charge in [0.05, 0.1) is 22.6 Å². The molecule has 0 bridgehead atoms. The van der Waals surface area contributed by atoms with Crippen molar-refractivity contribution in [1.29, 1.82) is 0 Å². The molecule has 3 aromatic rings. The third kappa shape index (κ3) is 4.51.